The van der Waals surface area contributed by atoms with Gasteiger partial charge in [-0.2, -0.15) is 10.2 Å². The number of ether oxygens (including phenoxy) is 1. The first kappa shape index (κ1) is 15.0. The molecular weight excluding hydrogens is 298 g/mol. The van der Waals surface area contributed by atoms with E-state index in [1.807, 2.05) is 0 Å². The van der Waals surface area contributed by atoms with Crippen molar-refractivity contribution in [2.24, 2.45) is 14.1 Å². The second kappa shape index (κ2) is 5.20. The SMILES string of the molecule is COC(=O)c1cc(NS(=O)(=O)c2cn(C)nc2C)nn1C. The number of rotatable bonds is 4. The van der Waals surface area contributed by atoms with Gasteiger partial charge in [-0.15, -0.1) is 0 Å². The van der Waals surface area contributed by atoms with Crippen LogP contribution in [0.25, 0.3) is 0 Å². The topological polar surface area (TPSA) is 108 Å². The largest absolute Gasteiger partial charge is 0.464 e. The molecule has 0 atom stereocenters. The molecule has 2 heterocycles. The predicted octanol–water partition coefficient (Wildman–Crippen LogP) is 0.0494. The van der Waals surface area contributed by atoms with Crippen molar-refractivity contribution in [1.82, 2.24) is 19.6 Å². The number of nitrogens with zero attached hydrogens (tertiary/aromatic N) is 4. The maximum atomic E-state index is 12.3. The Hall–Kier alpha value is -2.36. The average molecular weight is 313 g/mol. The number of sulfonamides is 1. The van der Waals surface area contributed by atoms with E-state index in [1.165, 1.54) is 35.8 Å². The van der Waals surface area contributed by atoms with Crippen LogP contribution < -0.4 is 4.72 Å². The third-order valence-corrected chi connectivity index (χ3v) is 4.23. The van der Waals surface area contributed by atoms with Crippen molar-refractivity contribution < 1.29 is 17.9 Å². The van der Waals surface area contributed by atoms with E-state index in [0.717, 1.165) is 0 Å². The van der Waals surface area contributed by atoms with Gasteiger partial charge in [0, 0.05) is 26.4 Å². The van der Waals surface area contributed by atoms with E-state index in [4.69, 9.17) is 0 Å². The van der Waals surface area contributed by atoms with Crippen LogP contribution in [0.15, 0.2) is 17.2 Å². The molecule has 21 heavy (non-hydrogen) atoms. The number of nitrogens with one attached hydrogen (secondary N) is 1. The van der Waals surface area contributed by atoms with Crippen molar-refractivity contribution in [2.45, 2.75) is 11.8 Å². The summed E-state index contributed by atoms with van der Waals surface area (Å²) in [6.07, 6.45) is 1.39. The Labute approximate surface area is 121 Å². The second-order valence-electron chi connectivity index (χ2n) is 4.39. The number of aryl methyl sites for hydroxylation is 3. The van der Waals surface area contributed by atoms with Crippen LogP contribution in [0.2, 0.25) is 0 Å². The summed E-state index contributed by atoms with van der Waals surface area (Å²) in [6, 6.07) is 1.30. The van der Waals surface area contributed by atoms with Crippen molar-refractivity contribution in [1.29, 1.82) is 0 Å². The van der Waals surface area contributed by atoms with Crippen LogP contribution in [-0.4, -0.2) is 41.1 Å². The zero-order valence-corrected chi connectivity index (χ0v) is 12.8. The highest BCUT2D eigenvalue weighted by molar-refractivity contribution is 7.92. The minimum absolute atomic E-state index is 0.0288. The Kier molecular flexibility index (Phi) is 3.73. The van der Waals surface area contributed by atoms with Gasteiger partial charge in [0.25, 0.3) is 10.0 Å². The fourth-order valence-corrected chi connectivity index (χ4v) is 3.05. The van der Waals surface area contributed by atoms with E-state index < -0.39 is 16.0 Å². The van der Waals surface area contributed by atoms with Crippen LogP contribution in [0, 0.1) is 6.92 Å². The van der Waals surface area contributed by atoms with Gasteiger partial charge in [0.2, 0.25) is 0 Å². The first-order valence-electron chi connectivity index (χ1n) is 5.90. The molecular formula is C11H15N5O4S. The number of hydrogen-bond donors (Lipinski definition) is 1. The number of methoxy groups -OCH3 is 1. The molecule has 1 N–H and O–H groups in total. The monoisotopic (exact) mass is 313 g/mol. The van der Waals surface area contributed by atoms with Gasteiger partial charge >= 0.3 is 5.97 Å². The maximum Gasteiger partial charge on any atom is 0.356 e. The van der Waals surface area contributed by atoms with Crippen LogP contribution in [0.5, 0.6) is 0 Å². The molecule has 0 saturated heterocycles. The van der Waals surface area contributed by atoms with Gasteiger partial charge < -0.3 is 4.74 Å². The van der Waals surface area contributed by atoms with Crippen LogP contribution in [0.3, 0.4) is 0 Å². The average Bonchev–Trinajstić information content (AvgIpc) is 2.91. The zero-order valence-electron chi connectivity index (χ0n) is 12.0. The summed E-state index contributed by atoms with van der Waals surface area (Å²) in [5.74, 6) is -0.575. The van der Waals surface area contributed by atoms with Crippen molar-refractivity contribution >= 4 is 21.8 Å². The van der Waals surface area contributed by atoms with Crippen molar-refractivity contribution in [3.63, 3.8) is 0 Å². The highest BCUT2D eigenvalue weighted by Gasteiger charge is 2.22. The molecule has 2 rings (SSSR count). The molecule has 0 aliphatic carbocycles. The third kappa shape index (κ3) is 2.89. The molecule has 0 fully saturated rings. The van der Waals surface area contributed by atoms with Crippen LogP contribution in [0.1, 0.15) is 16.2 Å². The molecule has 2 aromatic heterocycles. The number of esters is 1. The molecule has 0 aromatic carbocycles. The molecule has 10 heteroatoms. The highest BCUT2D eigenvalue weighted by Crippen LogP contribution is 2.18. The summed E-state index contributed by atoms with van der Waals surface area (Å²) in [7, 11) is 0.554. The van der Waals surface area contributed by atoms with Gasteiger partial charge in [-0.1, -0.05) is 0 Å². The lowest BCUT2D eigenvalue weighted by Gasteiger charge is -2.03. The molecule has 9 nitrogen and oxygen atoms in total. The van der Waals surface area contributed by atoms with Crippen molar-refractivity contribution in [3.05, 3.63) is 23.7 Å². The van der Waals surface area contributed by atoms with E-state index in [9.17, 15) is 13.2 Å². The molecule has 0 radical (unpaired) electrons. The minimum atomic E-state index is -3.82. The lowest BCUT2D eigenvalue weighted by atomic mass is 10.4. The predicted molar refractivity (Wildman–Crippen MR) is 73.3 cm³/mol. The second-order valence-corrected chi connectivity index (χ2v) is 6.04. The van der Waals surface area contributed by atoms with Crippen molar-refractivity contribution in [2.75, 3.05) is 11.8 Å². The van der Waals surface area contributed by atoms with E-state index in [2.05, 4.69) is 19.7 Å². The Morgan fingerprint density at radius 2 is 2.00 bits per heavy atom. The fourth-order valence-electron chi connectivity index (χ4n) is 1.85. The number of aromatic nitrogens is 4. The number of carbonyl (C=O) groups is 1. The smallest absolute Gasteiger partial charge is 0.356 e. The van der Waals surface area contributed by atoms with E-state index in [1.54, 1.807) is 14.0 Å². The van der Waals surface area contributed by atoms with Gasteiger partial charge in [0.05, 0.1) is 12.8 Å². The fraction of sp³-hybridized carbons (Fsp3) is 0.364. The summed E-state index contributed by atoms with van der Waals surface area (Å²) < 4.78 is 34.1. The molecule has 2 aromatic rings. The van der Waals surface area contributed by atoms with Crippen molar-refractivity contribution in [3.8, 4) is 0 Å². The lowest BCUT2D eigenvalue weighted by Crippen LogP contribution is -2.14. The lowest BCUT2D eigenvalue weighted by molar-refractivity contribution is 0.0588. The summed E-state index contributed by atoms with van der Waals surface area (Å²) in [4.78, 5) is 11.5. The Balaban J connectivity index is 2.33. The summed E-state index contributed by atoms with van der Waals surface area (Å²) in [6.45, 7) is 1.59. The molecule has 0 bridgehead atoms. The maximum absolute atomic E-state index is 12.3. The minimum Gasteiger partial charge on any atom is -0.464 e. The van der Waals surface area contributed by atoms with Gasteiger partial charge in [-0.3, -0.25) is 14.1 Å². The molecule has 0 aliphatic heterocycles. The molecule has 0 amide bonds. The molecule has 0 saturated carbocycles. The van der Waals surface area contributed by atoms with E-state index >= 15 is 0 Å². The zero-order chi connectivity index (χ0) is 15.8. The quantitative estimate of drug-likeness (QED) is 0.799. The van der Waals surface area contributed by atoms with Gasteiger partial charge in [-0.05, 0) is 6.92 Å². The van der Waals surface area contributed by atoms with Crippen LogP contribution in [-0.2, 0) is 28.9 Å². The van der Waals surface area contributed by atoms with Gasteiger partial charge in [-0.25, -0.2) is 13.2 Å². The molecule has 0 spiro atoms. The normalized spacial score (nSPS) is 11.4. The van der Waals surface area contributed by atoms with E-state index in [0.29, 0.717) is 5.69 Å². The first-order chi connectivity index (χ1) is 9.74. The van der Waals surface area contributed by atoms with Crippen LogP contribution in [0.4, 0.5) is 5.82 Å². The summed E-state index contributed by atoms with van der Waals surface area (Å²) >= 11 is 0. The van der Waals surface area contributed by atoms with E-state index in [-0.39, 0.29) is 16.4 Å². The summed E-state index contributed by atoms with van der Waals surface area (Å²) in [5.41, 5.74) is 0.507. The molecule has 0 aliphatic rings. The summed E-state index contributed by atoms with van der Waals surface area (Å²) in [5, 5.41) is 7.91. The van der Waals surface area contributed by atoms with Gasteiger partial charge in [0.1, 0.15) is 10.6 Å². The standard InChI is InChI=1S/C11H15N5O4S/c1-7-9(6-15(2)12-7)21(18,19)14-10-5-8(11(17)20-4)16(3)13-10/h5-6H,1-4H3,(H,13,14). The Morgan fingerprint density at radius 1 is 1.33 bits per heavy atom. The number of hydrogen-bond acceptors (Lipinski definition) is 6. The molecule has 0 unspecified atom stereocenters. The first-order valence-corrected chi connectivity index (χ1v) is 7.38. The van der Waals surface area contributed by atoms with Gasteiger partial charge in [0.15, 0.2) is 5.82 Å². The Morgan fingerprint density at radius 3 is 2.52 bits per heavy atom. The number of carbonyl (C=O) groups excluding carboxylic acids is 1. The molecule has 114 valence electrons. The van der Waals surface area contributed by atoms with Crippen LogP contribution >= 0.6 is 0 Å². The number of anilines is 1. The third-order valence-electron chi connectivity index (χ3n) is 2.77. The Bertz CT molecular complexity index is 790. The highest BCUT2D eigenvalue weighted by atomic mass is 32.2.